The average molecular weight is 423 g/mol. The summed E-state index contributed by atoms with van der Waals surface area (Å²) in [6.45, 7) is 0. The molecule has 0 bridgehead atoms. The Labute approximate surface area is 187 Å². The van der Waals surface area contributed by atoms with Gasteiger partial charge in [-0.1, -0.05) is 72.8 Å². The fourth-order valence-electron chi connectivity index (χ4n) is 4.11. The summed E-state index contributed by atoms with van der Waals surface area (Å²) < 4.78 is 7.07. The summed E-state index contributed by atoms with van der Waals surface area (Å²) in [5.41, 5.74) is 4.83. The number of benzene rings is 3. The predicted molar refractivity (Wildman–Crippen MR) is 124 cm³/mol. The molecule has 4 aromatic rings. The van der Waals surface area contributed by atoms with E-state index >= 15 is 0 Å². The van der Waals surface area contributed by atoms with Crippen LogP contribution in [0.2, 0.25) is 0 Å². The van der Waals surface area contributed by atoms with Crippen LogP contribution in [0.15, 0.2) is 91.1 Å². The van der Waals surface area contributed by atoms with Crippen molar-refractivity contribution >= 4 is 11.7 Å². The molecule has 1 aliphatic heterocycles. The number of hydrogen-bond donors (Lipinski definition) is 1. The smallest absolute Gasteiger partial charge is 0.359 e. The molecule has 5 rings (SSSR count). The zero-order chi connectivity index (χ0) is 21.9. The fraction of sp³-hybridized carbons (Fsp3) is 0.148. The summed E-state index contributed by atoms with van der Waals surface area (Å²) >= 11 is 0. The van der Waals surface area contributed by atoms with Gasteiger partial charge in [0.05, 0.1) is 7.11 Å². The van der Waals surface area contributed by atoms with Crippen LogP contribution in [0, 0.1) is 0 Å². The van der Waals surface area contributed by atoms with E-state index in [-0.39, 0.29) is 11.9 Å². The number of anilines is 1. The average Bonchev–Trinajstić information content (AvgIpc) is 3.16. The summed E-state index contributed by atoms with van der Waals surface area (Å²) in [7, 11) is 1.65. The number of fused-ring (bicyclic) bond motifs is 1. The van der Waals surface area contributed by atoms with Gasteiger partial charge in [0.15, 0.2) is 6.04 Å². The zero-order valence-corrected chi connectivity index (χ0v) is 17.9. The van der Waals surface area contributed by atoms with Crippen LogP contribution in [0.1, 0.15) is 21.6 Å². The van der Waals surface area contributed by atoms with Gasteiger partial charge in [-0.3, -0.25) is 5.32 Å². The van der Waals surface area contributed by atoms with Crippen molar-refractivity contribution in [1.29, 1.82) is 0 Å². The second kappa shape index (κ2) is 8.63. The van der Waals surface area contributed by atoms with E-state index in [1.807, 2.05) is 79.0 Å². The molecule has 0 radical (unpaired) electrons. The Morgan fingerprint density at radius 3 is 2.41 bits per heavy atom. The van der Waals surface area contributed by atoms with Crippen molar-refractivity contribution in [3.63, 3.8) is 0 Å². The lowest BCUT2D eigenvalue weighted by Crippen LogP contribution is -2.44. The van der Waals surface area contributed by atoms with Crippen molar-refractivity contribution in [2.24, 2.45) is 0 Å². The highest BCUT2D eigenvalue weighted by atomic mass is 16.5. The first kappa shape index (κ1) is 19.9. The van der Waals surface area contributed by atoms with Crippen molar-refractivity contribution in [1.82, 2.24) is 4.98 Å². The van der Waals surface area contributed by atoms with Crippen LogP contribution in [0.25, 0.3) is 11.3 Å². The maximum absolute atomic E-state index is 13.4. The number of ether oxygens (including phenoxy) is 1. The topological polar surface area (TPSA) is 55.1 Å². The van der Waals surface area contributed by atoms with Gasteiger partial charge >= 0.3 is 11.7 Å². The Balaban J connectivity index is 1.52. The monoisotopic (exact) mass is 422 g/mol. The molecule has 0 saturated heterocycles. The minimum Gasteiger partial charge on any atom is -0.497 e. The van der Waals surface area contributed by atoms with Gasteiger partial charge in [0.1, 0.15) is 23.3 Å². The van der Waals surface area contributed by atoms with E-state index in [4.69, 9.17) is 9.72 Å². The molecule has 32 heavy (non-hydrogen) atoms. The Kier molecular flexibility index (Phi) is 5.38. The summed E-state index contributed by atoms with van der Waals surface area (Å²) in [5, 5.41) is 3.45. The summed E-state index contributed by atoms with van der Waals surface area (Å²) in [6.07, 6.45) is 3.06. The number of methoxy groups -OCH3 is 1. The third-order valence-electron chi connectivity index (χ3n) is 5.73. The Bertz CT molecular complexity index is 1260. The summed E-state index contributed by atoms with van der Waals surface area (Å²) in [6, 6.07) is 27.7. The van der Waals surface area contributed by atoms with Gasteiger partial charge in [-0.05, 0) is 23.3 Å². The van der Waals surface area contributed by atoms with Crippen LogP contribution >= 0.6 is 0 Å². The summed E-state index contributed by atoms with van der Waals surface area (Å²) in [4.78, 5) is 18.3. The van der Waals surface area contributed by atoms with Gasteiger partial charge in [0.2, 0.25) is 0 Å². The fourth-order valence-corrected chi connectivity index (χ4v) is 4.11. The third kappa shape index (κ3) is 3.97. The van der Waals surface area contributed by atoms with Gasteiger partial charge in [-0.2, -0.15) is 4.57 Å². The maximum Gasteiger partial charge on any atom is 0.359 e. The first-order valence-corrected chi connectivity index (χ1v) is 10.7. The van der Waals surface area contributed by atoms with E-state index < -0.39 is 0 Å². The number of rotatable bonds is 6. The molecule has 1 aliphatic rings. The Morgan fingerprint density at radius 2 is 1.66 bits per heavy atom. The number of hydrogen-bond acceptors (Lipinski definition) is 4. The molecule has 0 aliphatic carbocycles. The van der Waals surface area contributed by atoms with Gasteiger partial charge in [-0.15, -0.1) is 0 Å². The molecule has 1 atom stereocenters. The number of nitrogens with zero attached hydrogens (tertiary/aromatic N) is 2. The van der Waals surface area contributed by atoms with E-state index in [2.05, 4.69) is 17.4 Å². The SMILES string of the molecule is COc1cccc(CC2Nc3c(Cc4ccccc4)nc(-c4ccccc4)c[n+]3C2=O)c1. The van der Waals surface area contributed by atoms with Crippen molar-refractivity contribution in [3.05, 3.63) is 108 Å². The number of nitrogens with one attached hydrogen (secondary N) is 1. The lowest BCUT2D eigenvalue weighted by atomic mass is 10.1. The highest BCUT2D eigenvalue weighted by Gasteiger charge is 2.41. The Morgan fingerprint density at radius 1 is 0.938 bits per heavy atom. The Hall–Kier alpha value is -3.99. The first-order chi connectivity index (χ1) is 15.7. The van der Waals surface area contributed by atoms with Crippen LogP contribution in [0.3, 0.4) is 0 Å². The molecule has 2 heterocycles. The molecule has 1 N–H and O–H groups in total. The van der Waals surface area contributed by atoms with Gasteiger partial charge < -0.3 is 4.74 Å². The van der Waals surface area contributed by atoms with Crippen LogP contribution in [0.4, 0.5) is 5.82 Å². The van der Waals surface area contributed by atoms with Crippen molar-refractivity contribution in [2.75, 3.05) is 12.4 Å². The minimum atomic E-state index is -0.357. The molecule has 5 heteroatoms. The van der Waals surface area contributed by atoms with Crippen molar-refractivity contribution < 1.29 is 14.1 Å². The van der Waals surface area contributed by atoms with Crippen LogP contribution in [-0.2, 0) is 12.8 Å². The summed E-state index contributed by atoms with van der Waals surface area (Å²) in [5.74, 6) is 1.58. The van der Waals surface area contributed by atoms with Crippen LogP contribution in [-0.4, -0.2) is 24.0 Å². The van der Waals surface area contributed by atoms with E-state index in [1.54, 1.807) is 11.7 Å². The van der Waals surface area contributed by atoms with Crippen molar-refractivity contribution in [3.8, 4) is 17.0 Å². The van der Waals surface area contributed by atoms with Gasteiger partial charge in [-0.25, -0.2) is 9.78 Å². The molecule has 0 amide bonds. The predicted octanol–water partition coefficient (Wildman–Crippen LogP) is 4.31. The molecular weight excluding hydrogens is 398 g/mol. The zero-order valence-electron chi connectivity index (χ0n) is 17.9. The second-order valence-electron chi connectivity index (χ2n) is 7.91. The molecular formula is C27H24N3O2+. The lowest BCUT2D eigenvalue weighted by molar-refractivity contribution is -0.552. The first-order valence-electron chi connectivity index (χ1n) is 10.7. The highest BCUT2D eigenvalue weighted by Crippen LogP contribution is 2.25. The van der Waals surface area contributed by atoms with E-state index in [9.17, 15) is 4.79 Å². The third-order valence-corrected chi connectivity index (χ3v) is 5.73. The molecule has 0 spiro atoms. The van der Waals surface area contributed by atoms with Crippen LogP contribution in [0.5, 0.6) is 5.75 Å². The second-order valence-corrected chi connectivity index (χ2v) is 7.91. The highest BCUT2D eigenvalue weighted by molar-refractivity contribution is 5.82. The number of carbonyl (C=O) groups is 1. The molecule has 158 valence electrons. The maximum atomic E-state index is 13.4. The minimum absolute atomic E-state index is 0.0247. The van der Waals surface area contributed by atoms with E-state index in [0.29, 0.717) is 12.8 Å². The number of carbonyl (C=O) groups excluding carboxylic acids is 1. The lowest BCUT2D eigenvalue weighted by Gasteiger charge is -2.07. The molecule has 3 aromatic carbocycles. The van der Waals surface area contributed by atoms with Crippen molar-refractivity contribution in [2.45, 2.75) is 18.9 Å². The molecule has 0 saturated carbocycles. The normalized spacial score (nSPS) is 14.7. The molecule has 1 aromatic heterocycles. The largest absolute Gasteiger partial charge is 0.497 e. The van der Waals surface area contributed by atoms with Gasteiger partial charge in [0, 0.05) is 18.4 Å². The van der Waals surface area contributed by atoms with E-state index in [0.717, 1.165) is 39.6 Å². The molecule has 0 fully saturated rings. The quantitative estimate of drug-likeness (QED) is 0.471. The standard InChI is InChI=1S/C27H23N3O2/c1-32-22-14-8-11-20(15-22)17-24-27(31)30-18-25(21-12-6-3-7-13-21)28-23(26(30)29-24)16-19-9-4-2-5-10-19/h2-15,18,24H,16-17H2,1H3/p+1. The molecule has 1 unspecified atom stereocenters. The molecule has 5 nitrogen and oxygen atoms in total. The van der Waals surface area contributed by atoms with Gasteiger partial charge in [0.25, 0.3) is 0 Å². The number of aromatic nitrogens is 2. The van der Waals surface area contributed by atoms with E-state index in [1.165, 1.54) is 0 Å². The van der Waals surface area contributed by atoms with Crippen LogP contribution < -0.4 is 14.6 Å².